The summed E-state index contributed by atoms with van der Waals surface area (Å²) in [5.74, 6) is -0.147. The number of aldehydes is 1. The number of hydrogen-bond acceptors (Lipinski definition) is 2. The van der Waals surface area contributed by atoms with E-state index in [9.17, 15) is 4.79 Å². The Morgan fingerprint density at radius 2 is 2.12 bits per heavy atom. The predicted octanol–water partition coefficient (Wildman–Crippen LogP) is 1.13. The molecular formula is C14H11NO. The van der Waals surface area contributed by atoms with Crippen molar-refractivity contribution in [3.63, 3.8) is 0 Å². The summed E-state index contributed by atoms with van der Waals surface area (Å²) in [6.45, 7) is 2.03. The molecule has 0 saturated heterocycles. The summed E-state index contributed by atoms with van der Waals surface area (Å²) in [5.41, 5.74) is 3.16. The number of carbonyl (C=O) groups excluding carboxylic acids is 1. The van der Waals surface area contributed by atoms with Crippen molar-refractivity contribution in [1.82, 2.24) is 0 Å². The van der Waals surface area contributed by atoms with Crippen molar-refractivity contribution in [2.75, 3.05) is 0 Å². The third-order valence-corrected chi connectivity index (χ3v) is 3.09. The highest BCUT2D eigenvalue weighted by atomic mass is 16.1. The van der Waals surface area contributed by atoms with E-state index in [0.717, 1.165) is 33.7 Å². The zero-order chi connectivity index (χ0) is 11.1. The van der Waals surface area contributed by atoms with Crippen LogP contribution in [-0.4, -0.2) is 6.29 Å². The lowest BCUT2D eigenvalue weighted by Crippen LogP contribution is -2.24. The fourth-order valence-electron chi connectivity index (χ4n) is 2.28. The van der Waals surface area contributed by atoms with Gasteiger partial charge in [-0.3, -0.25) is 0 Å². The van der Waals surface area contributed by atoms with E-state index in [4.69, 9.17) is 0 Å². The molecule has 2 heteroatoms. The second-order valence-corrected chi connectivity index (χ2v) is 4.10. The summed E-state index contributed by atoms with van der Waals surface area (Å²) < 4.78 is 0. The third kappa shape index (κ3) is 1.13. The fourth-order valence-corrected chi connectivity index (χ4v) is 2.28. The third-order valence-electron chi connectivity index (χ3n) is 3.09. The number of rotatable bonds is 1. The highest BCUT2D eigenvalue weighted by Crippen LogP contribution is 2.30. The van der Waals surface area contributed by atoms with Crippen molar-refractivity contribution in [2.24, 2.45) is 10.9 Å². The molecule has 0 saturated carbocycles. The molecule has 0 radical (unpaired) electrons. The number of carbonyl (C=O) groups is 1. The van der Waals surface area contributed by atoms with E-state index in [1.54, 1.807) is 0 Å². The van der Waals surface area contributed by atoms with Gasteiger partial charge in [-0.15, -0.1) is 0 Å². The van der Waals surface area contributed by atoms with E-state index in [1.165, 1.54) is 0 Å². The molecule has 1 atom stereocenters. The average molecular weight is 209 g/mol. The molecule has 1 unspecified atom stereocenters. The van der Waals surface area contributed by atoms with Gasteiger partial charge in [-0.25, -0.2) is 4.99 Å². The quantitative estimate of drug-likeness (QED) is 0.637. The van der Waals surface area contributed by atoms with Crippen molar-refractivity contribution < 1.29 is 4.79 Å². The highest BCUT2D eigenvalue weighted by Gasteiger charge is 2.24. The Bertz CT molecular complexity index is 650. The first-order chi connectivity index (χ1) is 7.81. The molecule has 0 N–H and O–H groups in total. The van der Waals surface area contributed by atoms with E-state index < -0.39 is 0 Å². The minimum atomic E-state index is -0.147. The van der Waals surface area contributed by atoms with Crippen LogP contribution in [-0.2, 0) is 4.79 Å². The Hall–Kier alpha value is -1.96. The van der Waals surface area contributed by atoms with Gasteiger partial charge in [0.05, 0.1) is 17.0 Å². The van der Waals surface area contributed by atoms with Gasteiger partial charge in [0, 0.05) is 10.8 Å². The summed E-state index contributed by atoms with van der Waals surface area (Å²) in [5, 5.41) is 2.07. The van der Waals surface area contributed by atoms with Gasteiger partial charge < -0.3 is 4.79 Å². The second-order valence-electron chi connectivity index (χ2n) is 4.10. The summed E-state index contributed by atoms with van der Waals surface area (Å²) >= 11 is 0. The Morgan fingerprint density at radius 3 is 2.94 bits per heavy atom. The SMILES string of the molecule is CC1=C2N=c3ccccc3=C2C(C=O)C=C1. The number of nitrogens with zero attached hydrogens (tertiary/aromatic N) is 1. The van der Waals surface area contributed by atoms with Gasteiger partial charge in [0.25, 0.3) is 0 Å². The number of allylic oxidation sites excluding steroid dienone is 4. The first kappa shape index (κ1) is 9.28. The zero-order valence-corrected chi connectivity index (χ0v) is 8.97. The van der Waals surface area contributed by atoms with E-state index in [2.05, 4.69) is 4.99 Å². The molecule has 1 aliphatic carbocycles. The number of fused-ring (bicyclic) bond motifs is 2. The van der Waals surface area contributed by atoms with Crippen molar-refractivity contribution in [3.05, 3.63) is 58.3 Å². The lowest BCUT2D eigenvalue weighted by Gasteiger charge is -2.15. The molecule has 16 heavy (non-hydrogen) atoms. The Kier molecular flexibility index (Phi) is 1.90. The predicted molar refractivity (Wildman–Crippen MR) is 62.0 cm³/mol. The van der Waals surface area contributed by atoms with E-state index in [1.807, 2.05) is 43.3 Å². The maximum atomic E-state index is 11.1. The lowest BCUT2D eigenvalue weighted by atomic mass is 9.89. The maximum Gasteiger partial charge on any atom is 0.131 e. The molecule has 0 spiro atoms. The van der Waals surface area contributed by atoms with E-state index >= 15 is 0 Å². The molecular weight excluding hydrogens is 198 g/mol. The van der Waals surface area contributed by atoms with Crippen LogP contribution in [0, 0.1) is 5.92 Å². The number of hydrogen-bond donors (Lipinski definition) is 0. The average Bonchev–Trinajstić information content (AvgIpc) is 2.70. The van der Waals surface area contributed by atoms with Crippen LogP contribution in [0.3, 0.4) is 0 Å². The second kappa shape index (κ2) is 3.27. The van der Waals surface area contributed by atoms with Crippen LogP contribution in [0.4, 0.5) is 0 Å². The smallest absolute Gasteiger partial charge is 0.131 e. The van der Waals surface area contributed by atoms with Crippen molar-refractivity contribution >= 4 is 11.9 Å². The van der Waals surface area contributed by atoms with Crippen LogP contribution >= 0.6 is 0 Å². The molecule has 1 aromatic carbocycles. The van der Waals surface area contributed by atoms with Gasteiger partial charge in [0.15, 0.2) is 0 Å². The summed E-state index contributed by atoms with van der Waals surface area (Å²) in [6.07, 6.45) is 4.90. The maximum absolute atomic E-state index is 11.1. The summed E-state index contributed by atoms with van der Waals surface area (Å²) in [4.78, 5) is 15.7. The molecule has 0 amide bonds. The van der Waals surface area contributed by atoms with Gasteiger partial charge in [-0.05, 0) is 18.6 Å². The Morgan fingerprint density at radius 1 is 1.31 bits per heavy atom. The molecule has 1 aliphatic heterocycles. The first-order valence-electron chi connectivity index (χ1n) is 5.34. The van der Waals surface area contributed by atoms with Gasteiger partial charge in [-0.1, -0.05) is 30.4 Å². The molecule has 78 valence electrons. The summed E-state index contributed by atoms with van der Waals surface area (Å²) in [6, 6.07) is 7.98. The minimum Gasteiger partial charge on any atom is -0.302 e. The molecule has 1 aromatic rings. The van der Waals surface area contributed by atoms with Crippen LogP contribution in [0.15, 0.2) is 52.7 Å². The highest BCUT2D eigenvalue weighted by molar-refractivity contribution is 5.85. The van der Waals surface area contributed by atoms with Gasteiger partial charge in [0.2, 0.25) is 0 Å². The number of para-hydroxylation sites is 1. The van der Waals surface area contributed by atoms with Crippen LogP contribution in [0.1, 0.15) is 6.92 Å². The molecule has 2 aliphatic rings. The molecule has 0 bridgehead atoms. The summed E-state index contributed by atoms with van der Waals surface area (Å²) in [7, 11) is 0. The number of benzene rings is 1. The topological polar surface area (TPSA) is 29.4 Å². The molecule has 0 fully saturated rings. The van der Waals surface area contributed by atoms with Crippen LogP contribution in [0.25, 0.3) is 5.57 Å². The zero-order valence-electron chi connectivity index (χ0n) is 8.97. The normalized spacial score (nSPS) is 21.6. The van der Waals surface area contributed by atoms with Crippen LogP contribution in [0.5, 0.6) is 0 Å². The Labute approximate surface area is 93.3 Å². The molecule has 3 rings (SSSR count). The Balaban J connectivity index is 2.44. The molecule has 2 nitrogen and oxygen atoms in total. The lowest BCUT2D eigenvalue weighted by molar-refractivity contribution is -0.108. The van der Waals surface area contributed by atoms with Gasteiger partial charge in [0.1, 0.15) is 6.29 Å². The largest absolute Gasteiger partial charge is 0.302 e. The molecule has 0 aromatic heterocycles. The molecule has 1 heterocycles. The standard InChI is InChI=1S/C14H11NO/c1-9-6-7-10(8-16)13-11-4-2-3-5-12(11)15-14(9)13/h2-8,10H,1H3. The van der Waals surface area contributed by atoms with E-state index in [-0.39, 0.29) is 5.92 Å². The van der Waals surface area contributed by atoms with Crippen molar-refractivity contribution in [2.45, 2.75) is 6.92 Å². The van der Waals surface area contributed by atoms with Crippen molar-refractivity contribution in [3.8, 4) is 0 Å². The van der Waals surface area contributed by atoms with Crippen LogP contribution < -0.4 is 10.6 Å². The van der Waals surface area contributed by atoms with Crippen LogP contribution in [0.2, 0.25) is 0 Å². The minimum absolute atomic E-state index is 0.147. The van der Waals surface area contributed by atoms with Gasteiger partial charge in [-0.2, -0.15) is 0 Å². The fraction of sp³-hybridized carbons (Fsp3) is 0.143. The van der Waals surface area contributed by atoms with Gasteiger partial charge >= 0.3 is 0 Å². The van der Waals surface area contributed by atoms with Crippen molar-refractivity contribution in [1.29, 1.82) is 0 Å². The van der Waals surface area contributed by atoms with E-state index in [0.29, 0.717) is 0 Å². The monoisotopic (exact) mass is 209 g/mol. The first-order valence-corrected chi connectivity index (χ1v) is 5.34.